The molecule has 0 unspecified atom stereocenters. The molecule has 1 aliphatic rings. The molecule has 1 atom stereocenters. The van der Waals surface area contributed by atoms with Crippen molar-refractivity contribution in [3.63, 3.8) is 0 Å². The number of aromatic nitrogens is 3. The van der Waals surface area contributed by atoms with Gasteiger partial charge in [-0.2, -0.15) is 0 Å². The Balaban J connectivity index is 1.63. The lowest BCUT2D eigenvalue weighted by molar-refractivity contribution is -0.136. The van der Waals surface area contributed by atoms with E-state index in [4.69, 9.17) is 0 Å². The topological polar surface area (TPSA) is 71.2 Å². The molecule has 1 aromatic heterocycles. The molecule has 1 aliphatic heterocycles. The fourth-order valence-corrected chi connectivity index (χ4v) is 3.64. The first-order chi connectivity index (χ1) is 13.1. The minimum atomic E-state index is -0.337. The minimum absolute atomic E-state index is 0.0787. The molecule has 4 rings (SSSR count). The Morgan fingerprint density at radius 2 is 1.78 bits per heavy atom. The summed E-state index contributed by atoms with van der Waals surface area (Å²) in [4.78, 5) is 14.6. The number of aromatic hydroxyl groups is 1. The van der Waals surface area contributed by atoms with Gasteiger partial charge in [0.05, 0.1) is 6.54 Å². The number of fused-ring (bicyclic) bond motifs is 1. The van der Waals surface area contributed by atoms with Crippen LogP contribution >= 0.6 is 0 Å². The maximum absolute atomic E-state index is 12.9. The number of hydrogen-bond acceptors (Lipinski definition) is 4. The summed E-state index contributed by atoms with van der Waals surface area (Å²) in [5, 5.41) is 18.7. The van der Waals surface area contributed by atoms with Crippen molar-refractivity contribution in [3.05, 3.63) is 77.4 Å². The summed E-state index contributed by atoms with van der Waals surface area (Å²) in [5.41, 5.74) is 1.98. The number of phenols is 1. The van der Waals surface area contributed by atoms with Crippen LogP contribution in [0.5, 0.6) is 5.75 Å². The number of amides is 1. The maximum atomic E-state index is 12.9. The van der Waals surface area contributed by atoms with E-state index in [0.717, 1.165) is 22.8 Å². The number of nitrogens with zero attached hydrogens (tertiary/aromatic N) is 4. The number of rotatable bonds is 5. The van der Waals surface area contributed by atoms with Crippen LogP contribution in [0.25, 0.3) is 0 Å². The van der Waals surface area contributed by atoms with Gasteiger partial charge in [0.25, 0.3) is 0 Å². The largest absolute Gasteiger partial charge is 0.508 e. The number of carbonyl (C=O) groups is 1. The van der Waals surface area contributed by atoms with Gasteiger partial charge in [0, 0.05) is 19.9 Å². The van der Waals surface area contributed by atoms with Gasteiger partial charge in [0.15, 0.2) is 5.82 Å². The smallest absolute Gasteiger partial charge is 0.246 e. The third kappa shape index (κ3) is 3.43. The molecule has 2 aromatic carbocycles. The Morgan fingerprint density at radius 1 is 1.04 bits per heavy atom. The van der Waals surface area contributed by atoms with Crippen molar-refractivity contribution in [2.75, 3.05) is 7.05 Å². The van der Waals surface area contributed by atoms with Gasteiger partial charge < -0.3 is 14.6 Å². The van der Waals surface area contributed by atoms with E-state index in [9.17, 15) is 9.90 Å². The highest BCUT2D eigenvalue weighted by atomic mass is 16.3. The average molecular weight is 362 g/mol. The van der Waals surface area contributed by atoms with Gasteiger partial charge in [-0.1, -0.05) is 48.5 Å². The lowest BCUT2D eigenvalue weighted by Gasteiger charge is -2.31. The van der Waals surface area contributed by atoms with Crippen LogP contribution in [0.2, 0.25) is 0 Å². The zero-order valence-electron chi connectivity index (χ0n) is 15.2. The Hall–Kier alpha value is -3.15. The number of hydrogen-bond donors (Lipinski definition) is 1. The zero-order valence-corrected chi connectivity index (χ0v) is 15.2. The fourth-order valence-electron chi connectivity index (χ4n) is 3.64. The highest BCUT2D eigenvalue weighted by Crippen LogP contribution is 2.27. The summed E-state index contributed by atoms with van der Waals surface area (Å²) in [6.07, 6.45) is 1.87. The monoisotopic (exact) mass is 362 g/mol. The van der Waals surface area contributed by atoms with Crippen LogP contribution < -0.4 is 0 Å². The molecule has 2 heterocycles. The van der Waals surface area contributed by atoms with Crippen molar-refractivity contribution in [1.29, 1.82) is 0 Å². The molecule has 0 aliphatic carbocycles. The Labute approximate surface area is 158 Å². The van der Waals surface area contributed by atoms with Gasteiger partial charge in [-0.05, 0) is 23.6 Å². The van der Waals surface area contributed by atoms with Gasteiger partial charge >= 0.3 is 0 Å². The molecule has 6 nitrogen and oxygen atoms in total. The van der Waals surface area contributed by atoms with Gasteiger partial charge in [-0.25, -0.2) is 0 Å². The molecule has 0 fully saturated rings. The maximum Gasteiger partial charge on any atom is 0.246 e. The van der Waals surface area contributed by atoms with E-state index in [1.165, 1.54) is 0 Å². The highest BCUT2D eigenvalue weighted by molar-refractivity contribution is 5.81. The quantitative estimate of drug-likeness (QED) is 0.757. The summed E-state index contributed by atoms with van der Waals surface area (Å²) < 4.78 is 2.00. The lowest BCUT2D eigenvalue weighted by Crippen LogP contribution is -2.42. The van der Waals surface area contributed by atoms with E-state index in [2.05, 4.69) is 10.2 Å². The molecule has 3 aromatic rings. The molecule has 0 saturated carbocycles. The number of benzene rings is 2. The normalized spacial score (nSPS) is 16.4. The second-order valence-electron chi connectivity index (χ2n) is 6.93. The molecule has 1 amide bonds. The molecule has 138 valence electrons. The third-order valence-corrected chi connectivity index (χ3v) is 5.07. The molecule has 6 heteroatoms. The second-order valence-corrected chi connectivity index (χ2v) is 6.93. The minimum Gasteiger partial charge on any atom is -0.508 e. The van der Waals surface area contributed by atoms with Crippen LogP contribution in [0.15, 0.2) is 54.6 Å². The van der Waals surface area contributed by atoms with Crippen LogP contribution in [0.3, 0.4) is 0 Å². The van der Waals surface area contributed by atoms with Crippen LogP contribution in [0.1, 0.15) is 28.8 Å². The molecule has 0 bridgehead atoms. The van der Waals surface area contributed by atoms with Crippen LogP contribution in [-0.2, 0) is 30.6 Å². The van der Waals surface area contributed by atoms with Crippen molar-refractivity contribution in [2.45, 2.75) is 31.8 Å². The SMILES string of the molecule is CN1Cc2nnc(CCc3ccccc3O)n2[C@H](Cc2ccccc2)C1=O. The fraction of sp³-hybridized carbons (Fsp3) is 0.286. The van der Waals surface area contributed by atoms with Crippen molar-refractivity contribution in [2.24, 2.45) is 0 Å². The predicted molar refractivity (Wildman–Crippen MR) is 101 cm³/mol. The van der Waals surface area contributed by atoms with E-state index < -0.39 is 0 Å². The molecule has 1 N–H and O–H groups in total. The first kappa shape index (κ1) is 17.3. The molecule has 0 saturated heterocycles. The van der Waals surface area contributed by atoms with E-state index in [1.54, 1.807) is 18.0 Å². The van der Waals surface area contributed by atoms with Gasteiger partial charge in [0.1, 0.15) is 17.6 Å². The van der Waals surface area contributed by atoms with Crippen molar-refractivity contribution >= 4 is 5.91 Å². The summed E-state index contributed by atoms with van der Waals surface area (Å²) in [5.74, 6) is 1.96. The number of para-hydroxylation sites is 1. The predicted octanol–water partition coefficient (Wildman–Crippen LogP) is 2.52. The van der Waals surface area contributed by atoms with E-state index >= 15 is 0 Å². The average Bonchev–Trinajstić information content (AvgIpc) is 3.08. The highest BCUT2D eigenvalue weighted by Gasteiger charge is 2.34. The van der Waals surface area contributed by atoms with Gasteiger partial charge in [-0.3, -0.25) is 4.79 Å². The number of carbonyl (C=O) groups excluding carboxylic acids is 1. The summed E-state index contributed by atoms with van der Waals surface area (Å²) in [6.45, 7) is 0.466. The number of aryl methyl sites for hydroxylation is 2. The lowest BCUT2D eigenvalue weighted by atomic mass is 10.0. The van der Waals surface area contributed by atoms with Gasteiger partial charge in [0.2, 0.25) is 5.91 Å². The van der Waals surface area contributed by atoms with Crippen LogP contribution in [-0.4, -0.2) is 37.7 Å². The zero-order chi connectivity index (χ0) is 18.8. The van der Waals surface area contributed by atoms with E-state index in [0.29, 0.717) is 25.8 Å². The van der Waals surface area contributed by atoms with Crippen molar-refractivity contribution < 1.29 is 9.90 Å². The molecule has 0 radical (unpaired) electrons. The van der Waals surface area contributed by atoms with E-state index in [1.807, 2.05) is 53.1 Å². The molecular weight excluding hydrogens is 340 g/mol. The molecule has 27 heavy (non-hydrogen) atoms. The summed E-state index contributed by atoms with van der Waals surface area (Å²) in [6, 6.07) is 17.0. The Bertz CT molecular complexity index is 952. The molecule has 0 spiro atoms. The second kappa shape index (κ2) is 7.23. The first-order valence-corrected chi connectivity index (χ1v) is 9.12. The summed E-state index contributed by atoms with van der Waals surface area (Å²) in [7, 11) is 1.81. The number of phenolic OH excluding ortho intramolecular Hbond substituents is 1. The van der Waals surface area contributed by atoms with Crippen molar-refractivity contribution in [1.82, 2.24) is 19.7 Å². The summed E-state index contributed by atoms with van der Waals surface area (Å²) >= 11 is 0. The Morgan fingerprint density at radius 3 is 2.56 bits per heavy atom. The Kier molecular flexibility index (Phi) is 4.62. The third-order valence-electron chi connectivity index (χ3n) is 5.07. The molecular formula is C21H22N4O2. The van der Waals surface area contributed by atoms with E-state index in [-0.39, 0.29) is 17.7 Å². The van der Waals surface area contributed by atoms with Crippen LogP contribution in [0.4, 0.5) is 0 Å². The number of likely N-dealkylation sites (N-methyl/N-ethyl adjacent to an activating group) is 1. The first-order valence-electron chi connectivity index (χ1n) is 9.12. The van der Waals surface area contributed by atoms with Gasteiger partial charge in [-0.15, -0.1) is 10.2 Å². The van der Waals surface area contributed by atoms with Crippen LogP contribution in [0, 0.1) is 0 Å². The van der Waals surface area contributed by atoms with Crippen molar-refractivity contribution in [3.8, 4) is 5.75 Å². The standard InChI is InChI=1S/C21H22N4O2/c1-24-14-20-23-22-19(12-11-16-9-5-6-10-18(16)26)25(20)17(21(24)27)13-15-7-3-2-4-8-15/h2-10,17,26H,11-14H2,1H3/t17-/m1/s1.